The molecule has 25 heavy (non-hydrogen) atoms. The van der Waals surface area contributed by atoms with E-state index in [0.29, 0.717) is 33.2 Å². The third-order valence-electron chi connectivity index (χ3n) is 3.62. The Bertz CT molecular complexity index is 934. The van der Waals surface area contributed by atoms with Gasteiger partial charge in [0.25, 0.3) is 0 Å². The molecule has 0 spiro atoms. The van der Waals surface area contributed by atoms with Gasteiger partial charge in [-0.2, -0.15) is 13.2 Å². The molecule has 0 unspecified atom stereocenters. The van der Waals surface area contributed by atoms with Gasteiger partial charge in [-0.15, -0.1) is 0 Å². The summed E-state index contributed by atoms with van der Waals surface area (Å²) in [6.45, 7) is 0. The van der Waals surface area contributed by atoms with E-state index in [1.54, 1.807) is 24.3 Å². The summed E-state index contributed by atoms with van der Waals surface area (Å²) in [5.74, 6) is -1.03. The number of anilines is 1. The number of halogens is 3. The van der Waals surface area contributed by atoms with Crippen molar-refractivity contribution in [1.29, 1.82) is 0 Å². The molecule has 0 aliphatic heterocycles. The van der Waals surface area contributed by atoms with Crippen molar-refractivity contribution < 1.29 is 27.1 Å². The van der Waals surface area contributed by atoms with E-state index in [9.17, 15) is 18.0 Å². The number of rotatable bonds is 3. The summed E-state index contributed by atoms with van der Waals surface area (Å²) in [6, 6.07) is 11.2. The lowest BCUT2D eigenvalue weighted by Crippen LogP contribution is -2.38. The predicted octanol–water partition coefficient (Wildman–Crippen LogP) is 4.03. The van der Waals surface area contributed by atoms with E-state index in [-0.39, 0.29) is 5.69 Å². The molecule has 0 atom stereocenters. The number of hydrogen-bond acceptors (Lipinski definition) is 4. The van der Waals surface area contributed by atoms with Gasteiger partial charge < -0.3 is 14.1 Å². The fourth-order valence-electron chi connectivity index (χ4n) is 2.31. The molecule has 0 saturated heterocycles. The molecule has 0 fully saturated rings. The van der Waals surface area contributed by atoms with Crippen molar-refractivity contribution in [3.63, 3.8) is 0 Å². The number of carbonyl (C=O) groups is 1. The summed E-state index contributed by atoms with van der Waals surface area (Å²) in [5, 5.41) is 0. The van der Waals surface area contributed by atoms with Crippen molar-refractivity contribution >= 4 is 22.7 Å². The fourth-order valence-corrected chi connectivity index (χ4v) is 2.31. The Kier molecular flexibility index (Phi) is 4.12. The summed E-state index contributed by atoms with van der Waals surface area (Å²) >= 11 is 0. The highest BCUT2D eigenvalue weighted by atomic mass is 19.4. The van der Waals surface area contributed by atoms with Gasteiger partial charge in [-0.25, -0.2) is 4.98 Å². The van der Waals surface area contributed by atoms with E-state index in [1.807, 2.05) is 0 Å². The molecule has 0 saturated carbocycles. The molecule has 0 aliphatic carbocycles. The van der Waals surface area contributed by atoms with Gasteiger partial charge in [0, 0.05) is 18.3 Å². The third kappa shape index (κ3) is 3.28. The highest BCUT2D eigenvalue weighted by Gasteiger charge is 2.41. The molecule has 0 radical (unpaired) electrons. The predicted molar refractivity (Wildman–Crippen MR) is 85.5 cm³/mol. The molecule has 8 heteroatoms. The van der Waals surface area contributed by atoms with Gasteiger partial charge in [0.2, 0.25) is 5.89 Å². The van der Waals surface area contributed by atoms with E-state index in [2.05, 4.69) is 4.98 Å². The van der Waals surface area contributed by atoms with Crippen LogP contribution in [0.2, 0.25) is 0 Å². The second-order valence-electron chi connectivity index (χ2n) is 5.26. The number of nitrogens with zero attached hydrogens (tertiary/aromatic N) is 2. The Hall–Kier alpha value is -3.03. The van der Waals surface area contributed by atoms with Gasteiger partial charge >= 0.3 is 12.1 Å². The Labute approximate surface area is 140 Å². The summed E-state index contributed by atoms with van der Waals surface area (Å²) in [6.07, 6.45) is -4.95. The fraction of sp³-hybridized carbons (Fsp3) is 0.176. The Balaban J connectivity index is 1.98. The van der Waals surface area contributed by atoms with Crippen LogP contribution in [0.25, 0.3) is 22.6 Å². The molecular formula is C17H13F3N2O3. The molecule has 5 nitrogen and oxygen atoms in total. The first-order chi connectivity index (χ1) is 11.8. The maximum atomic E-state index is 12.6. The van der Waals surface area contributed by atoms with Crippen LogP contribution in [0.1, 0.15) is 0 Å². The molecule has 0 N–H and O–H groups in total. The van der Waals surface area contributed by atoms with Crippen LogP contribution < -0.4 is 9.64 Å². The van der Waals surface area contributed by atoms with Crippen molar-refractivity contribution in [3.8, 4) is 17.2 Å². The van der Waals surface area contributed by atoms with E-state index in [0.717, 1.165) is 7.05 Å². The van der Waals surface area contributed by atoms with Crippen molar-refractivity contribution in [2.24, 2.45) is 0 Å². The lowest BCUT2D eigenvalue weighted by Gasteiger charge is -2.18. The molecule has 1 heterocycles. The zero-order valence-corrected chi connectivity index (χ0v) is 13.3. The maximum Gasteiger partial charge on any atom is 0.471 e. The normalized spacial score (nSPS) is 11.6. The van der Waals surface area contributed by atoms with Gasteiger partial charge in [-0.3, -0.25) is 4.79 Å². The van der Waals surface area contributed by atoms with Crippen molar-refractivity contribution in [1.82, 2.24) is 4.98 Å². The molecule has 0 bridgehead atoms. The summed E-state index contributed by atoms with van der Waals surface area (Å²) < 4.78 is 48.4. The molecule has 2 aromatic carbocycles. The van der Waals surface area contributed by atoms with Crippen molar-refractivity contribution in [2.75, 3.05) is 19.1 Å². The third-order valence-corrected chi connectivity index (χ3v) is 3.62. The number of oxazole rings is 1. The molecular weight excluding hydrogens is 337 g/mol. The highest BCUT2D eigenvalue weighted by molar-refractivity contribution is 5.98. The number of methoxy groups -OCH3 is 1. The highest BCUT2D eigenvalue weighted by Crippen LogP contribution is 2.30. The van der Waals surface area contributed by atoms with Crippen molar-refractivity contribution in [3.05, 3.63) is 42.5 Å². The molecule has 3 rings (SSSR count). The van der Waals surface area contributed by atoms with Crippen LogP contribution in [0, 0.1) is 0 Å². The van der Waals surface area contributed by atoms with Crippen LogP contribution in [-0.2, 0) is 4.79 Å². The SMILES string of the molecule is COc1cccc(-c2nc3cc(N(C)C(=O)C(F)(F)F)ccc3o2)c1. The summed E-state index contributed by atoms with van der Waals surface area (Å²) in [4.78, 5) is 16.2. The molecule has 3 aromatic rings. The van der Waals surface area contributed by atoms with Gasteiger partial charge in [0.15, 0.2) is 5.58 Å². The number of aromatic nitrogens is 1. The van der Waals surface area contributed by atoms with Crippen LogP contribution in [0.5, 0.6) is 5.75 Å². The van der Waals surface area contributed by atoms with Crippen molar-refractivity contribution in [2.45, 2.75) is 6.18 Å². The minimum absolute atomic E-state index is 0.0697. The largest absolute Gasteiger partial charge is 0.497 e. The number of fused-ring (bicyclic) bond motifs is 1. The lowest BCUT2D eigenvalue weighted by molar-refractivity contribution is -0.170. The lowest BCUT2D eigenvalue weighted by atomic mass is 10.2. The number of carbonyl (C=O) groups excluding carboxylic acids is 1. The maximum absolute atomic E-state index is 12.6. The number of hydrogen-bond donors (Lipinski definition) is 0. The van der Waals surface area contributed by atoms with E-state index in [4.69, 9.17) is 9.15 Å². The smallest absolute Gasteiger partial charge is 0.471 e. The number of benzene rings is 2. The number of ether oxygens (including phenoxy) is 1. The summed E-state index contributed by atoms with van der Waals surface area (Å²) in [7, 11) is 2.59. The quantitative estimate of drug-likeness (QED) is 0.716. The first-order valence-corrected chi connectivity index (χ1v) is 7.19. The zero-order chi connectivity index (χ0) is 18.2. The van der Waals surface area contributed by atoms with Crippen LogP contribution in [0.4, 0.5) is 18.9 Å². The first-order valence-electron chi connectivity index (χ1n) is 7.19. The second-order valence-corrected chi connectivity index (χ2v) is 5.26. The van der Waals surface area contributed by atoms with E-state index in [1.165, 1.54) is 25.3 Å². The number of amides is 1. The standard InChI is InChI=1S/C17H13F3N2O3/c1-22(16(23)17(18,19)20)11-6-7-14-13(9-11)21-15(25-14)10-4-3-5-12(8-10)24-2/h3-9H,1-2H3. The van der Waals surface area contributed by atoms with E-state index < -0.39 is 12.1 Å². The Morgan fingerprint density at radius 1 is 1.20 bits per heavy atom. The van der Waals surface area contributed by atoms with Crippen LogP contribution >= 0.6 is 0 Å². The van der Waals surface area contributed by atoms with Gasteiger partial charge in [0.05, 0.1) is 7.11 Å². The van der Waals surface area contributed by atoms with Gasteiger partial charge in [0.1, 0.15) is 11.3 Å². The minimum atomic E-state index is -4.95. The van der Waals surface area contributed by atoms with Gasteiger partial charge in [-0.1, -0.05) is 6.07 Å². The van der Waals surface area contributed by atoms with Gasteiger partial charge in [-0.05, 0) is 36.4 Å². The molecule has 130 valence electrons. The van der Waals surface area contributed by atoms with Crippen LogP contribution in [-0.4, -0.2) is 31.2 Å². The molecule has 1 amide bonds. The topological polar surface area (TPSA) is 55.6 Å². The average molecular weight is 350 g/mol. The molecule has 0 aliphatic rings. The average Bonchev–Trinajstić information content (AvgIpc) is 3.03. The minimum Gasteiger partial charge on any atom is -0.497 e. The molecule has 1 aromatic heterocycles. The number of alkyl halides is 3. The van der Waals surface area contributed by atoms with E-state index >= 15 is 0 Å². The second kappa shape index (κ2) is 6.12. The zero-order valence-electron chi connectivity index (χ0n) is 13.3. The Morgan fingerprint density at radius 2 is 1.96 bits per heavy atom. The van der Waals surface area contributed by atoms with Crippen LogP contribution in [0.3, 0.4) is 0 Å². The first kappa shape index (κ1) is 16.8. The monoisotopic (exact) mass is 350 g/mol. The summed E-state index contributed by atoms with van der Waals surface area (Å²) in [5.41, 5.74) is 1.48. The Morgan fingerprint density at radius 3 is 2.64 bits per heavy atom. The van der Waals surface area contributed by atoms with Crippen LogP contribution in [0.15, 0.2) is 46.9 Å².